The van der Waals surface area contributed by atoms with Crippen LogP contribution in [0.1, 0.15) is 11.8 Å². The average Bonchev–Trinajstić information content (AvgIpc) is 2.53. The van der Waals surface area contributed by atoms with Gasteiger partial charge in [0.05, 0.1) is 17.9 Å². The van der Waals surface area contributed by atoms with Gasteiger partial charge in [-0.2, -0.15) is 0 Å². The summed E-state index contributed by atoms with van der Waals surface area (Å²) >= 11 is 0. The van der Waals surface area contributed by atoms with Gasteiger partial charge in [0.2, 0.25) is 0 Å². The first-order valence-electron chi connectivity index (χ1n) is 3.34. The second-order valence-electron chi connectivity index (χ2n) is 2.32. The van der Waals surface area contributed by atoms with Crippen LogP contribution in [-0.2, 0) is 4.79 Å². The molecule has 12 heavy (non-hydrogen) atoms. The normalized spacial score (nSPS) is 12.4. The van der Waals surface area contributed by atoms with E-state index in [0.29, 0.717) is 5.76 Å². The molecule has 3 N–H and O–H groups in total. The van der Waals surface area contributed by atoms with Crippen LogP contribution in [-0.4, -0.2) is 11.1 Å². The lowest BCUT2D eigenvalue weighted by Crippen LogP contribution is -2.17. The fraction of sp³-hybridized carbons (Fsp3) is 0.125. The van der Waals surface area contributed by atoms with Crippen molar-refractivity contribution in [1.82, 2.24) is 0 Å². The van der Waals surface area contributed by atoms with Crippen molar-refractivity contribution in [3.63, 3.8) is 0 Å². The Bertz CT molecular complexity index is 289. The molecule has 4 nitrogen and oxygen atoms in total. The molecular weight excluding hydrogens is 158 g/mol. The summed E-state index contributed by atoms with van der Waals surface area (Å²) in [6.45, 7) is 3.33. The third-order valence-electron chi connectivity index (χ3n) is 1.50. The lowest BCUT2D eigenvalue weighted by molar-refractivity contribution is -0.133. The first-order chi connectivity index (χ1) is 5.63. The van der Waals surface area contributed by atoms with Crippen molar-refractivity contribution >= 4 is 5.97 Å². The number of nitrogens with two attached hydrogens (primary N) is 1. The highest BCUT2D eigenvalue weighted by Crippen LogP contribution is 2.17. The van der Waals surface area contributed by atoms with Crippen molar-refractivity contribution in [2.75, 3.05) is 0 Å². The van der Waals surface area contributed by atoms with E-state index in [4.69, 9.17) is 15.3 Å². The SMILES string of the molecule is C=C(C(=O)O)[C@@H](N)c1ccco1. The first-order valence-corrected chi connectivity index (χ1v) is 3.34. The van der Waals surface area contributed by atoms with E-state index >= 15 is 0 Å². The second kappa shape index (κ2) is 3.23. The van der Waals surface area contributed by atoms with Crippen molar-refractivity contribution in [3.8, 4) is 0 Å². The molecule has 0 saturated heterocycles. The Kier molecular flexibility index (Phi) is 2.30. The van der Waals surface area contributed by atoms with Gasteiger partial charge in [-0.05, 0) is 12.1 Å². The van der Waals surface area contributed by atoms with Crippen molar-refractivity contribution < 1.29 is 14.3 Å². The topological polar surface area (TPSA) is 76.5 Å². The summed E-state index contributed by atoms with van der Waals surface area (Å²) in [4.78, 5) is 10.4. The molecule has 0 spiro atoms. The van der Waals surface area contributed by atoms with Crippen LogP contribution in [0.5, 0.6) is 0 Å². The van der Waals surface area contributed by atoms with E-state index in [2.05, 4.69) is 6.58 Å². The Morgan fingerprint density at radius 1 is 1.75 bits per heavy atom. The molecule has 1 aromatic rings. The van der Waals surface area contributed by atoms with Gasteiger partial charge in [0.25, 0.3) is 0 Å². The Morgan fingerprint density at radius 3 is 2.83 bits per heavy atom. The molecule has 0 radical (unpaired) electrons. The maximum absolute atomic E-state index is 10.4. The third-order valence-corrected chi connectivity index (χ3v) is 1.50. The molecule has 0 amide bonds. The molecule has 0 unspecified atom stereocenters. The van der Waals surface area contributed by atoms with E-state index in [1.54, 1.807) is 12.1 Å². The molecule has 0 aliphatic heterocycles. The molecule has 1 aromatic heterocycles. The van der Waals surface area contributed by atoms with Gasteiger partial charge in [-0.25, -0.2) is 4.79 Å². The monoisotopic (exact) mass is 167 g/mol. The summed E-state index contributed by atoms with van der Waals surface area (Å²) in [5.41, 5.74) is 5.43. The van der Waals surface area contributed by atoms with Crippen molar-refractivity contribution in [2.24, 2.45) is 5.73 Å². The zero-order valence-electron chi connectivity index (χ0n) is 6.36. The van der Waals surface area contributed by atoms with E-state index in [9.17, 15) is 4.79 Å². The predicted octanol–water partition coefficient (Wildman–Crippen LogP) is 0.920. The Labute approximate surface area is 69.3 Å². The quantitative estimate of drug-likeness (QED) is 0.656. The summed E-state index contributed by atoms with van der Waals surface area (Å²) in [5.74, 6) is -0.707. The van der Waals surface area contributed by atoms with E-state index in [-0.39, 0.29) is 5.57 Å². The van der Waals surface area contributed by atoms with E-state index in [0.717, 1.165) is 0 Å². The number of carboxylic acid groups (broad SMARTS) is 1. The fourth-order valence-electron chi connectivity index (χ4n) is 0.773. The van der Waals surface area contributed by atoms with Crippen molar-refractivity contribution in [1.29, 1.82) is 0 Å². The Balaban J connectivity index is 2.79. The zero-order chi connectivity index (χ0) is 9.14. The maximum Gasteiger partial charge on any atom is 0.333 e. The van der Waals surface area contributed by atoms with Gasteiger partial charge in [0.1, 0.15) is 5.76 Å². The van der Waals surface area contributed by atoms with Gasteiger partial charge in [-0.15, -0.1) is 0 Å². The number of hydrogen-bond donors (Lipinski definition) is 2. The number of rotatable bonds is 3. The van der Waals surface area contributed by atoms with Crippen LogP contribution in [0.3, 0.4) is 0 Å². The first kappa shape index (κ1) is 8.55. The van der Waals surface area contributed by atoms with Gasteiger partial charge < -0.3 is 15.3 Å². The second-order valence-corrected chi connectivity index (χ2v) is 2.32. The maximum atomic E-state index is 10.4. The lowest BCUT2D eigenvalue weighted by Gasteiger charge is -2.06. The largest absolute Gasteiger partial charge is 0.478 e. The summed E-state index contributed by atoms with van der Waals surface area (Å²) in [6, 6.07) is 2.49. The van der Waals surface area contributed by atoms with Gasteiger partial charge in [-0.3, -0.25) is 0 Å². The molecule has 1 rings (SSSR count). The standard InChI is InChI=1S/C8H9NO3/c1-5(8(10)11)7(9)6-3-2-4-12-6/h2-4,7H,1,9H2,(H,10,11)/t7-/m1/s1. The van der Waals surface area contributed by atoms with Gasteiger partial charge in [-0.1, -0.05) is 6.58 Å². The van der Waals surface area contributed by atoms with Crippen LogP contribution in [0.15, 0.2) is 35.0 Å². The molecule has 4 heteroatoms. The van der Waals surface area contributed by atoms with Gasteiger partial charge in [0.15, 0.2) is 0 Å². The highest BCUT2D eigenvalue weighted by molar-refractivity contribution is 5.87. The van der Waals surface area contributed by atoms with E-state index in [1.165, 1.54) is 6.26 Å². The van der Waals surface area contributed by atoms with Crippen LogP contribution in [0.4, 0.5) is 0 Å². The van der Waals surface area contributed by atoms with Gasteiger partial charge >= 0.3 is 5.97 Å². The molecule has 1 heterocycles. The minimum Gasteiger partial charge on any atom is -0.478 e. The number of carbonyl (C=O) groups is 1. The van der Waals surface area contributed by atoms with Crippen LogP contribution in [0.25, 0.3) is 0 Å². The predicted molar refractivity (Wildman–Crippen MR) is 42.4 cm³/mol. The highest BCUT2D eigenvalue weighted by atomic mass is 16.4. The zero-order valence-corrected chi connectivity index (χ0v) is 6.36. The minimum absolute atomic E-state index is 0.0787. The summed E-state index contributed by atoms with van der Waals surface area (Å²) < 4.78 is 4.92. The summed E-state index contributed by atoms with van der Waals surface area (Å²) in [6.07, 6.45) is 1.43. The molecule has 0 aliphatic rings. The van der Waals surface area contributed by atoms with Crippen LogP contribution >= 0.6 is 0 Å². The molecule has 0 aromatic carbocycles. The smallest absolute Gasteiger partial charge is 0.333 e. The molecule has 0 bridgehead atoms. The average molecular weight is 167 g/mol. The number of furan rings is 1. The van der Waals surface area contributed by atoms with Crippen LogP contribution in [0, 0.1) is 0 Å². The molecule has 64 valence electrons. The molecule has 0 fully saturated rings. The minimum atomic E-state index is -1.11. The summed E-state index contributed by atoms with van der Waals surface area (Å²) in [5, 5.41) is 8.53. The van der Waals surface area contributed by atoms with E-state index in [1.807, 2.05) is 0 Å². The Hall–Kier alpha value is -1.55. The molecular formula is C8H9NO3. The Morgan fingerprint density at radius 2 is 2.42 bits per heavy atom. The van der Waals surface area contributed by atoms with Crippen LogP contribution < -0.4 is 5.73 Å². The number of hydrogen-bond acceptors (Lipinski definition) is 3. The van der Waals surface area contributed by atoms with Crippen molar-refractivity contribution in [2.45, 2.75) is 6.04 Å². The number of carboxylic acids is 1. The van der Waals surface area contributed by atoms with Crippen molar-refractivity contribution in [3.05, 3.63) is 36.3 Å². The van der Waals surface area contributed by atoms with Crippen LogP contribution in [0.2, 0.25) is 0 Å². The summed E-state index contributed by atoms with van der Waals surface area (Å²) in [7, 11) is 0. The van der Waals surface area contributed by atoms with E-state index < -0.39 is 12.0 Å². The molecule has 1 atom stereocenters. The third kappa shape index (κ3) is 1.54. The molecule has 0 aliphatic carbocycles. The lowest BCUT2D eigenvalue weighted by atomic mass is 10.1. The van der Waals surface area contributed by atoms with Gasteiger partial charge in [0, 0.05) is 0 Å². The molecule has 0 saturated carbocycles. The number of aliphatic carboxylic acids is 1. The highest BCUT2D eigenvalue weighted by Gasteiger charge is 2.17. The fourth-order valence-corrected chi connectivity index (χ4v) is 0.773.